The van der Waals surface area contributed by atoms with Crippen molar-refractivity contribution in [1.82, 2.24) is 9.78 Å². The highest BCUT2D eigenvalue weighted by Crippen LogP contribution is 2.29. The number of rotatable bonds is 6. The molecule has 9 heteroatoms. The molecule has 1 amide bonds. The van der Waals surface area contributed by atoms with E-state index in [4.69, 9.17) is 26.8 Å². The minimum atomic E-state index is -1.04. The van der Waals surface area contributed by atoms with Crippen molar-refractivity contribution in [3.05, 3.63) is 35.0 Å². The number of benzene rings is 1. The van der Waals surface area contributed by atoms with Gasteiger partial charge in [-0.2, -0.15) is 5.10 Å². The SMILES string of the molecule is COc1cc(N)c(Cl)cc1C(=O)O[C@H](C)C(=O)Nc1ccnn1C(C)C. The standard InChI is InChI=1S/C17H21ClN4O4/c1-9(2)22-15(5-6-20-22)21-16(23)10(3)26-17(24)11-7-12(18)13(19)8-14(11)25-4/h5-10H,19H2,1-4H3,(H,21,23)/t10-/m1/s1. The molecule has 0 saturated heterocycles. The third kappa shape index (κ3) is 4.26. The number of halogens is 1. The van der Waals surface area contributed by atoms with Crippen molar-refractivity contribution < 1.29 is 19.1 Å². The Morgan fingerprint density at radius 3 is 2.62 bits per heavy atom. The van der Waals surface area contributed by atoms with Crippen LogP contribution < -0.4 is 15.8 Å². The molecule has 0 radical (unpaired) electrons. The van der Waals surface area contributed by atoms with E-state index in [9.17, 15) is 9.59 Å². The molecule has 0 aliphatic rings. The molecule has 2 rings (SSSR count). The molecule has 1 aromatic carbocycles. The first-order valence-electron chi connectivity index (χ1n) is 7.93. The maximum atomic E-state index is 12.4. The minimum Gasteiger partial charge on any atom is -0.496 e. The average molecular weight is 381 g/mol. The summed E-state index contributed by atoms with van der Waals surface area (Å²) in [5.41, 5.74) is 6.05. The summed E-state index contributed by atoms with van der Waals surface area (Å²) in [7, 11) is 1.39. The van der Waals surface area contributed by atoms with Crippen LogP contribution in [0.3, 0.4) is 0 Å². The van der Waals surface area contributed by atoms with Gasteiger partial charge in [0.2, 0.25) is 0 Å². The molecule has 2 aromatic rings. The van der Waals surface area contributed by atoms with Crippen molar-refractivity contribution >= 4 is 35.0 Å². The van der Waals surface area contributed by atoms with E-state index >= 15 is 0 Å². The van der Waals surface area contributed by atoms with Crippen molar-refractivity contribution in [2.75, 3.05) is 18.2 Å². The summed E-state index contributed by atoms with van der Waals surface area (Å²) in [6, 6.07) is 4.50. The number of hydrogen-bond acceptors (Lipinski definition) is 6. The Balaban J connectivity index is 2.10. The van der Waals surface area contributed by atoms with E-state index in [0.29, 0.717) is 5.82 Å². The molecular formula is C17H21ClN4O4. The Morgan fingerprint density at radius 2 is 2.00 bits per heavy atom. The third-order valence-electron chi connectivity index (χ3n) is 3.60. The second-order valence-corrected chi connectivity index (χ2v) is 6.27. The van der Waals surface area contributed by atoms with Gasteiger partial charge in [0.15, 0.2) is 6.10 Å². The van der Waals surface area contributed by atoms with E-state index < -0.39 is 18.0 Å². The van der Waals surface area contributed by atoms with Gasteiger partial charge in [-0.05, 0) is 26.8 Å². The Kier molecular flexibility index (Phi) is 6.10. The van der Waals surface area contributed by atoms with E-state index in [-0.39, 0.29) is 28.1 Å². The molecule has 0 fully saturated rings. The van der Waals surface area contributed by atoms with Crippen molar-refractivity contribution in [2.45, 2.75) is 32.9 Å². The number of nitrogen functional groups attached to an aromatic ring is 1. The van der Waals surface area contributed by atoms with Crippen molar-refractivity contribution in [3.8, 4) is 5.75 Å². The van der Waals surface area contributed by atoms with Gasteiger partial charge in [0.25, 0.3) is 5.91 Å². The molecule has 0 spiro atoms. The van der Waals surface area contributed by atoms with Gasteiger partial charge in [-0.3, -0.25) is 4.79 Å². The van der Waals surface area contributed by atoms with Crippen LogP contribution >= 0.6 is 11.6 Å². The summed E-state index contributed by atoms with van der Waals surface area (Å²) >= 11 is 5.95. The first kappa shape index (κ1) is 19.6. The van der Waals surface area contributed by atoms with Crippen LogP contribution in [0.5, 0.6) is 5.75 Å². The molecule has 1 heterocycles. The van der Waals surface area contributed by atoms with E-state index in [1.54, 1.807) is 16.9 Å². The first-order chi connectivity index (χ1) is 12.2. The number of esters is 1. The van der Waals surface area contributed by atoms with E-state index in [0.717, 1.165) is 0 Å². The Labute approximate surface area is 156 Å². The van der Waals surface area contributed by atoms with E-state index in [1.807, 2.05) is 13.8 Å². The van der Waals surface area contributed by atoms with Crippen LogP contribution in [0.2, 0.25) is 5.02 Å². The minimum absolute atomic E-state index is 0.0688. The monoisotopic (exact) mass is 380 g/mol. The van der Waals surface area contributed by atoms with Gasteiger partial charge in [-0.15, -0.1) is 0 Å². The molecule has 1 atom stereocenters. The number of carbonyl (C=O) groups excluding carboxylic acids is 2. The molecule has 0 bridgehead atoms. The third-order valence-corrected chi connectivity index (χ3v) is 3.93. The normalized spacial score (nSPS) is 11.9. The van der Waals surface area contributed by atoms with Crippen molar-refractivity contribution in [3.63, 3.8) is 0 Å². The number of anilines is 2. The number of nitrogens with two attached hydrogens (primary N) is 1. The van der Waals surface area contributed by atoms with Crippen LogP contribution in [-0.2, 0) is 9.53 Å². The van der Waals surface area contributed by atoms with Crippen LogP contribution in [0, 0.1) is 0 Å². The predicted octanol–water partition coefficient (Wildman–Crippen LogP) is 2.89. The highest BCUT2D eigenvalue weighted by Gasteiger charge is 2.23. The average Bonchev–Trinajstić information content (AvgIpc) is 3.05. The molecule has 8 nitrogen and oxygen atoms in total. The van der Waals surface area contributed by atoms with Crippen LogP contribution in [0.4, 0.5) is 11.5 Å². The lowest BCUT2D eigenvalue weighted by Gasteiger charge is -2.16. The predicted molar refractivity (Wildman–Crippen MR) is 98.5 cm³/mol. The van der Waals surface area contributed by atoms with Gasteiger partial charge in [-0.25, -0.2) is 9.48 Å². The highest BCUT2D eigenvalue weighted by atomic mass is 35.5. The topological polar surface area (TPSA) is 108 Å². The zero-order valence-electron chi connectivity index (χ0n) is 14.9. The number of methoxy groups -OCH3 is 1. The summed E-state index contributed by atoms with van der Waals surface area (Å²) in [6.45, 7) is 5.33. The zero-order valence-corrected chi connectivity index (χ0v) is 15.7. The molecule has 0 saturated carbocycles. The summed E-state index contributed by atoms with van der Waals surface area (Å²) in [6.07, 6.45) is 0.534. The van der Waals surface area contributed by atoms with Crippen LogP contribution in [0.25, 0.3) is 0 Å². The fraction of sp³-hybridized carbons (Fsp3) is 0.353. The number of ether oxygens (including phenoxy) is 2. The summed E-state index contributed by atoms with van der Waals surface area (Å²) in [5, 5.41) is 7.00. The highest BCUT2D eigenvalue weighted by molar-refractivity contribution is 6.33. The second kappa shape index (κ2) is 8.09. The van der Waals surface area contributed by atoms with Crippen LogP contribution in [0.15, 0.2) is 24.4 Å². The number of carbonyl (C=O) groups is 2. The molecule has 0 aliphatic heterocycles. The molecule has 1 aromatic heterocycles. The molecule has 0 unspecified atom stereocenters. The maximum absolute atomic E-state index is 12.4. The van der Waals surface area contributed by atoms with Gasteiger partial charge >= 0.3 is 5.97 Å². The molecule has 26 heavy (non-hydrogen) atoms. The smallest absolute Gasteiger partial charge is 0.342 e. The lowest BCUT2D eigenvalue weighted by Crippen LogP contribution is -2.31. The molecule has 140 valence electrons. The summed E-state index contributed by atoms with van der Waals surface area (Å²) in [4.78, 5) is 24.7. The summed E-state index contributed by atoms with van der Waals surface area (Å²) in [5.74, 6) is -0.506. The van der Waals surface area contributed by atoms with Crippen LogP contribution in [-0.4, -0.2) is 34.9 Å². The van der Waals surface area contributed by atoms with E-state index in [2.05, 4.69) is 10.4 Å². The Hall–Kier alpha value is -2.74. The number of hydrogen-bond donors (Lipinski definition) is 2. The fourth-order valence-corrected chi connectivity index (χ4v) is 2.39. The van der Waals surface area contributed by atoms with Crippen molar-refractivity contribution in [1.29, 1.82) is 0 Å². The number of aromatic nitrogens is 2. The first-order valence-corrected chi connectivity index (χ1v) is 8.30. The number of amides is 1. The zero-order chi connectivity index (χ0) is 19.4. The largest absolute Gasteiger partial charge is 0.496 e. The maximum Gasteiger partial charge on any atom is 0.342 e. The summed E-state index contributed by atoms with van der Waals surface area (Å²) < 4.78 is 12.0. The van der Waals surface area contributed by atoms with Gasteiger partial charge in [-0.1, -0.05) is 11.6 Å². The molecule has 0 aliphatic carbocycles. The lowest BCUT2D eigenvalue weighted by atomic mass is 10.2. The Morgan fingerprint density at radius 1 is 1.31 bits per heavy atom. The van der Waals surface area contributed by atoms with Gasteiger partial charge < -0.3 is 20.5 Å². The van der Waals surface area contributed by atoms with Crippen molar-refractivity contribution in [2.24, 2.45) is 0 Å². The van der Waals surface area contributed by atoms with Gasteiger partial charge in [0.1, 0.15) is 17.1 Å². The number of nitrogens with zero attached hydrogens (tertiary/aromatic N) is 2. The van der Waals surface area contributed by atoms with Gasteiger partial charge in [0, 0.05) is 18.2 Å². The van der Waals surface area contributed by atoms with Crippen LogP contribution in [0.1, 0.15) is 37.2 Å². The number of nitrogens with one attached hydrogen (secondary N) is 1. The quantitative estimate of drug-likeness (QED) is 0.589. The molecular weight excluding hydrogens is 360 g/mol. The van der Waals surface area contributed by atoms with E-state index in [1.165, 1.54) is 26.2 Å². The van der Waals surface area contributed by atoms with Gasteiger partial charge in [0.05, 0.1) is 24.0 Å². The lowest BCUT2D eigenvalue weighted by molar-refractivity contribution is -0.123. The Bertz CT molecular complexity index is 819. The fourth-order valence-electron chi connectivity index (χ4n) is 2.23. The second-order valence-electron chi connectivity index (χ2n) is 5.87. The molecule has 3 N–H and O–H groups in total.